The molecule has 2 aliphatic heterocycles. The van der Waals surface area contributed by atoms with E-state index in [0.29, 0.717) is 43.3 Å². The average molecular weight is 360 g/mol. The molecule has 1 saturated heterocycles. The molecule has 5 heteroatoms. The van der Waals surface area contributed by atoms with Crippen LogP contribution in [0.1, 0.15) is 30.1 Å². The van der Waals surface area contributed by atoms with Gasteiger partial charge in [0.1, 0.15) is 18.5 Å². The second-order valence-electron chi connectivity index (χ2n) is 6.94. The second-order valence-corrected chi connectivity index (χ2v) is 7.38. The topological polar surface area (TPSA) is 52.9 Å². The van der Waals surface area contributed by atoms with Crippen molar-refractivity contribution >= 4 is 11.6 Å². The van der Waals surface area contributed by atoms with Gasteiger partial charge in [-0.1, -0.05) is 41.9 Å². The molecule has 0 aromatic heterocycles. The first-order chi connectivity index (χ1) is 12.1. The van der Waals surface area contributed by atoms with Crippen LogP contribution in [0, 0.1) is 0 Å². The van der Waals surface area contributed by atoms with Crippen molar-refractivity contribution in [3.63, 3.8) is 0 Å². The molecule has 0 unspecified atom stereocenters. The van der Waals surface area contributed by atoms with Gasteiger partial charge in [0, 0.05) is 23.7 Å². The molecule has 2 aromatic rings. The largest absolute Gasteiger partial charge is 0.491 e. The smallest absolute Gasteiger partial charge is 0.125 e. The van der Waals surface area contributed by atoms with Crippen LogP contribution in [0.4, 0.5) is 0 Å². The third-order valence-electron chi connectivity index (χ3n) is 5.47. The molecule has 2 aliphatic rings. The molecule has 2 atom stereocenters. The van der Waals surface area contributed by atoms with E-state index in [1.165, 1.54) is 0 Å². The number of nitrogens with zero attached hydrogens (tertiary/aromatic N) is 1. The number of ether oxygens (including phenoxy) is 1. The van der Waals surface area contributed by atoms with Gasteiger partial charge in [0.15, 0.2) is 0 Å². The highest BCUT2D eigenvalue weighted by atomic mass is 35.5. The third-order valence-corrected chi connectivity index (χ3v) is 5.70. The lowest BCUT2D eigenvalue weighted by molar-refractivity contribution is -0.0664. The summed E-state index contributed by atoms with van der Waals surface area (Å²) >= 11 is 6.07. The number of halogens is 1. The summed E-state index contributed by atoms with van der Waals surface area (Å²) in [5.41, 5.74) is 0.916. The summed E-state index contributed by atoms with van der Waals surface area (Å²) in [5.74, 6) is 0.700. The lowest BCUT2D eigenvalue weighted by Gasteiger charge is -2.44. The molecule has 0 amide bonds. The normalized spacial score (nSPS) is 25.9. The van der Waals surface area contributed by atoms with E-state index >= 15 is 0 Å². The van der Waals surface area contributed by atoms with E-state index in [9.17, 15) is 10.2 Å². The average Bonchev–Trinajstić information content (AvgIpc) is 2.64. The Kier molecular flexibility index (Phi) is 4.46. The number of fused-ring (bicyclic) bond motifs is 1. The van der Waals surface area contributed by atoms with Crippen molar-refractivity contribution in [1.82, 2.24) is 4.90 Å². The Hall–Kier alpha value is -1.59. The predicted molar refractivity (Wildman–Crippen MR) is 96.8 cm³/mol. The highest BCUT2D eigenvalue weighted by molar-refractivity contribution is 6.30. The van der Waals surface area contributed by atoms with Crippen molar-refractivity contribution in [2.24, 2.45) is 0 Å². The minimum atomic E-state index is -0.792. The minimum Gasteiger partial charge on any atom is -0.491 e. The number of hydrogen-bond acceptors (Lipinski definition) is 4. The Balaban J connectivity index is 1.48. The van der Waals surface area contributed by atoms with Gasteiger partial charge in [-0.25, -0.2) is 0 Å². The van der Waals surface area contributed by atoms with Crippen molar-refractivity contribution in [3.05, 3.63) is 64.7 Å². The van der Waals surface area contributed by atoms with Gasteiger partial charge >= 0.3 is 0 Å². The highest BCUT2D eigenvalue weighted by Crippen LogP contribution is 2.39. The zero-order chi connectivity index (χ0) is 17.4. The molecule has 0 radical (unpaired) electrons. The van der Waals surface area contributed by atoms with E-state index in [-0.39, 0.29) is 6.04 Å². The van der Waals surface area contributed by atoms with Crippen LogP contribution < -0.4 is 4.74 Å². The quantitative estimate of drug-likeness (QED) is 0.865. The van der Waals surface area contributed by atoms with Crippen molar-refractivity contribution in [3.8, 4) is 5.75 Å². The fraction of sp³-hybridized carbons (Fsp3) is 0.400. The maximum atomic E-state index is 11.0. The zero-order valence-corrected chi connectivity index (χ0v) is 14.7. The third kappa shape index (κ3) is 3.15. The molecule has 2 N–H and O–H groups in total. The van der Waals surface area contributed by atoms with Crippen molar-refractivity contribution in [2.45, 2.75) is 30.6 Å². The standard InChI is InChI=1S/C20H22ClNO3/c21-15-6-7-18-16(12-15)19(23)17(13-25-18)22-10-8-20(24,9-11-22)14-4-2-1-3-5-14/h1-7,12,17,19,23-24H,8-11,13H2/t17-,19+/m0/s1. The first kappa shape index (κ1) is 16.9. The van der Waals surface area contributed by atoms with Crippen LogP contribution in [-0.4, -0.2) is 40.9 Å². The highest BCUT2D eigenvalue weighted by Gasteiger charge is 2.40. The molecule has 0 saturated carbocycles. The summed E-state index contributed by atoms with van der Waals surface area (Å²) < 4.78 is 5.83. The minimum absolute atomic E-state index is 0.119. The number of aliphatic hydroxyl groups is 2. The molecule has 25 heavy (non-hydrogen) atoms. The van der Waals surface area contributed by atoms with E-state index in [0.717, 1.165) is 11.1 Å². The summed E-state index contributed by atoms with van der Waals surface area (Å²) in [5, 5.41) is 22.4. The van der Waals surface area contributed by atoms with Gasteiger partial charge in [-0.2, -0.15) is 0 Å². The summed E-state index contributed by atoms with van der Waals surface area (Å²) in [6, 6.07) is 15.1. The number of rotatable bonds is 2. The number of aliphatic hydroxyl groups excluding tert-OH is 1. The predicted octanol–water partition coefficient (Wildman–Crippen LogP) is 3.12. The van der Waals surface area contributed by atoms with E-state index in [4.69, 9.17) is 16.3 Å². The fourth-order valence-electron chi connectivity index (χ4n) is 3.92. The molecule has 0 spiro atoms. The Labute approximate surface area is 152 Å². The van der Waals surface area contributed by atoms with E-state index in [1.54, 1.807) is 12.1 Å². The van der Waals surface area contributed by atoms with Gasteiger partial charge in [-0.3, -0.25) is 4.90 Å². The monoisotopic (exact) mass is 359 g/mol. The van der Waals surface area contributed by atoms with Gasteiger partial charge in [0.25, 0.3) is 0 Å². The summed E-state index contributed by atoms with van der Waals surface area (Å²) in [6.07, 6.45) is 0.649. The molecule has 0 aliphatic carbocycles. The summed E-state index contributed by atoms with van der Waals surface area (Å²) in [7, 11) is 0. The molecular weight excluding hydrogens is 338 g/mol. The van der Waals surface area contributed by atoms with Crippen LogP contribution >= 0.6 is 11.6 Å². The van der Waals surface area contributed by atoms with Gasteiger partial charge in [-0.05, 0) is 36.6 Å². The first-order valence-electron chi connectivity index (χ1n) is 8.69. The van der Waals surface area contributed by atoms with Gasteiger partial charge < -0.3 is 14.9 Å². The van der Waals surface area contributed by atoms with Crippen LogP contribution in [0.25, 0.3) is 0 Å². The zero-order valence-electron chi connectivity index (χ0n) is 13.9. The van der Waals surface area contributed by atoms with E-state index in [2.05, 4.69) is 4.90 Å². The second kappa shape index (κ2) is 6.61. The van der Waals surface area contributed by atoms with Crippen LogP contribution in [-0.2, 0) is 5.60 Å². The molecular formula is C20H22ClNO3. The number of piperidine rings is 1. The van der Waals surface area contributed by atoms with Crippen LogP contribution in [0.5, 0.6) is 5.75 Å². The molecule has 2 aromatic carbocycles. The van der Waals surface area contributed by atoms with Crippen molar-refractivity contribution in [1.29, 1.82) is 0 Å². The van der Waals surface area contributed by atoms with Crippen molar-refractivity contribution < 1.29 is 14.9 Å². The molecule has 132 valence electrons. The molecule has 4 rings (SSSR count). The van der Waals surface area contributed by atoms with E-state index in [1.807, 2.05) is 36.4 Å². The SMILES string of the molecule is O[C@@H]1c2cc(Cl)ccc2OC[C@@H]1N1CCC(O)(c2ccccc2)CC1. The molecule has 0 bridgehead atoms. The Morgan fingerprint density at radius 2 is 1.80 bits per heavy atom. The first-order valence-corrected chi connectivity index (χ1v) is 9.07. The van der Waals surface area contributed by atoms with Crippen molar-refractivity contribution in [2.75, 3.05) is 19.7 Å². The summed E-state index contributed by atoms with van der Waals surface area (Å²) in [6.45, 7) is 1.87. The molecule has 4 nitrogen and oxygen atoms in total. The lowest BCUT2D eigenvalue weighted by atomic mass is 9.83. The summed E-state index contributed by atoms with van der Waals surface area (Å²) in [4.78, 5) is 2.21. The van der Waals surface area contributed by atoms with Gasteiger partial charge in [0.05, 0.1) is 11.6 Å². The molecule has 1 fully saturated rings. The number of likely N-dealkylation sites (tertiary alicyclic amines) is 1. The van der Waals surface area contributed by atoms with Gasteiger partial charge in [0.2, 0.25) is 0 Å². The van der Waals surface area contributed by atoms with E-state index < -0.39 is 11.7 Å². The van der Waals surface area contributed by atoms with Crippen LogP contribution in [0.3, 0.4) is 0 Å². The number of hydrogen-bond donors (Lipinski definition) is 2. The van der Waals surface area contributed by atoms with Gasteiger partial charge in [-0.15, -0.1) is 0 Å². The maximum Gasteiger partial charge on any atom is 0.125 e. The Morgan fingerprint density at radius 3 is 2.52 bits per heavy atom. The maximum absolute atomic E-state index is 11.0. The van der Waals surface area contributed by atoms with Crippen LogP contribution in [0.15, 0.2) is 48.5 Å². The lowest BCUT2D eigenvalue weighted by Crippen LogP contribution is -2.52. The Morgan fingerprint density at radius 1 is 1.08 bits per heavy atom. The van der Waals surface area contributed by atoms with Crippen LogP contribution in [0.2, 0.25) is 5.02 Å². The number of benzene rings is 2. The molecule has 2 heterocycles. The Bertz CT molecular complexity index is 744. The fourth-order valence-corrected chi connectivity index (χ4v) is 4.10.